The number of aryl methyl sites for hydroxylation is 1. The van der Waals surface area contributed by atoms with E-state index in [1.165, 1.54) is 18.5 Å². The summed E-state index contributed by atoms with van der Waals surface area (Å²) in [6.45, 7) is 8.30. The van der Waals surface area contributed by atoms with E-state index in [-0.39, 0.29) is 18.6 Å². The average Bonchev–Trinajstić information content (AvgIpc) is 3.25. The molecule has 0 unspecified atom stereocenters. The van der Waals surface area contributed by atoms with Crippen molar-refractivity contribution < 1.29 is 19.1 Å². The molecule has 6 heteroatoms. The first-order chi connectivity index (χ1) is 14.4. The lowest BCUT2D eigenvalue weighted by atomic mass is 10.1. The molecule has 0 radical (unpaired) electrons. The van der Waals surface area contributed by atoms with Crippen LogP contribution in [0.1, 0.15) is 48.2 Å². The maximum atomic E-state index is 12.2. The van der Waals surface area contributed by atoms with Crippen molar-refractivity contribution in [3.63, 3.8) is 0 Å². The maximum absolute atomic E-state index is 12.2. The number of anilines is 2. The molecule has 2 aromatic carbocycles. The molecule has 6 nitrogen and oxygen atoms in total. The zero-order valence-electron chi connectivity index (χ0n) is 17.9. The first-order valence-corrected chi connectivity index (χ1v) is 10.5. The van der Waals surface area contributed by atoms with Crippen LogP contribution in [0.4, 0.5) is 11.4 Å². The summed E-state index contributed by atoms with van der Waals surface area (Å²) in [5, 5.41) is 2.79. The Morgan fingerprint density at radius 1 is 1.07 bits per heavy atom. The monoisotopic (exact) mass is 410 g/mol. The van der Waals surface area contributed by atoms with Gasteiger partial charge >= 0.3 is 5.97 Å². The van der Waals surface area contributed by atoms with Crippen LogP contribution in [0.3, 0.4) is 0 Å². The molecule has 1 aliphatic heterocycles. The highest BCUT2D eigenvalue weighted by Crippen LogP contribution is 2.26. The Balaban J connectivity index is 1.48. The molecule has 0 spiro atoms. The maximum Gasteiger partial charge on any atom is 0.338 e. The van der Waals surface area contributed by atoms with Crippen LogP contribution >= 0.6 is 0 Å². The summed E-state index contributed by atoms with van der Waals surface area (Å²) in [5.41, 5.74) is 4.41. The minimum absolute atomic E-state index is 0.147. The van der Waals surface area contributed by atoms with Gasteiger partial charge in [0, 0.05) is 24.5 Å². The van der Waals surface area contributed by atoms with Gasteiger partial charge in [0.25, 0.3) is 5.91 Å². The largest absolute Gasteiger partial charge is 0.452 e. The molecule has 0 aliphatic carbocycles. The minimum atomic E-state index is -0.526. The predicted molar refractivity (Wildman–Crippen MR) is 118 cm³/mol. The third-order valence-corrected chi connectivity index (χ3v) is 5.03. The molecule has 1 fully saturated rings. The van der Waals surface area contributed by atoms with Gasteiger partial charge in [-0.05, 0) is 75.1 Å². The van der Waals surface area contributed by atoms with Gasteiger partial charge in [-0.1, -0.05) is 12.1 Å². The number of amides is 1. The number of benzene rings is 2. The van der Waals surface area contributed by atoms with Crippen LogP contribution in [0, 0.1) is 6.92 Å². The van der Waals surface area contributed by atoms with Crippen molar-refractivity contribution in [1.82, 2.24) is 0 Å². The Hall–Kier alpha value is -2.86. The Kier molecular flexibility index (Phi) is 7.46. The van der Waals surface area contributed by atoms with Crippen LogP contribution in [0.25, 0.3) is 0 Å². The van der Waals surface area contributed by atoms with Gasteiger partial charge in [-0.15, -0.1) is 0 Å². The molecule has 1 heterocycles. The number of carbonyl (C=O) groups excluding carboxylic acids is 2. The molecule has 2 aromatic rings. The summed E-state index contributed by atoms with van der Waals surface area (Å²) < 4.78 is 10.7. The van der Waals surface area contributed by atoms with E-state index in [0.29, 0.717) is 17.9 Å². The Morgan fingerprint density at radius 3 is 2.40 bits per heavy atom. The van der Waals surface area contributed by atoms with Gasteiger partial charge in [-0.2, -0.15) is 0 Å². The van der Waals surface area contributed by atoms with Gasteiger partial charge in [0.15, 0.2) is 6.61 Å². The van der Waals surface area contributed by atoms with E-state index < -0.39 is 5.97 Å². The van der Waals surface area contributed by atoms with Gasteiger partial charge in [0.1, 0.15) is 0 Å². The number of nitrogens with one attached hydrogen (secondary N) is 1. The molecular weight excluding hydrogens is 380 g/mol. The van der Waals surface area contributed by atoms with Gasteiger partial charge in [0.05, 0.1) is 18.3 Å². The van der Waals surface area contributed by atoms with Crippen molar-refractivity contribution in [1.29, 1.82) is 0 Å². The van der Waals surface area contributed by atoms with Gasteiger partial charge in [-0.3, -0.25) is 4.79 Å². The summed E-state index contributed by atoms with van der Waals surface area (Å²) in [4.78, 5) is 26.7. The molecule has 0 aromatic heterocycles. The van der Waals surface area contributed by atoms with Crippen LogP contribution < -0.4 is 10.2 Å². The van der Waals surface area contributed by atoms with Crippen LogP contribution in [-0.2, 0) is 20.9 Å². The number of hydrogen-bond acceptors (Lipinski definition) is 5. The van der Waals surface area contributed by atoms with Gasteiger partial charge in [-0.25, -0.2) is 4.79 Å². The second kappa shape index (κ2) is 10.3. The summed E-state index contributed by atoms with van der Waals surface area (Å²) in [6, 6.07) is 12.9. The summed E-state index contributed by atoms with van der Waals surface area (Å²) in [7, 11) is 0. The molecule has 3 rings (SSSR count). The van der Waals surface area contributed by atoms with E-state index in [2.05, 4.69) is 10.2 Å². The standard InChI is InChI=1S/C24H30N2O4/c1-17(2)29-15-19-6-8-20(9-7-19)24(28)30-16-23(27)25-21-10-11-22(18(3)14-21)26-12-4-5-13-26/h6-11,14,17H,4-5,12-13,15-16H2,1-3H3,(H,25,27). The summed E-state index contributed by atoms with van der Waals surface area (Å²) >= 11 is 0. The third kappa shape index (κ3) is 6.07. The van der Waals surface area contributed by atoms with Crippen molar-refractivity contribution in [3.8, 4) is 0 Å². The normalized spacial score (nSPS) is 13.5. The molecule has 0 atom stereocenters. The smallest absolute Gasteiger partial charge is 0.338 e. The lowest BCUT2D eigenvalue weighted by molar-refractivity contribution is -0.119. The summed E-state index contributed by atoms with van der Waals surface area (Å²) in [6.07, 6.45) is 2.59. The van der Waals surface area contributed by atoms with Gasteiger partial charge in [0.2, 0.25) is 0 Å². The van der Waals surface area contributed by atoms with Crippen molar-refractivity contribution in [2.24, 2.45) is 0 Å². The number of rotatable bonds is 8. The minimum Gasteiger partial charge on any atom is -0.452 e. The quantitative estimate of drug-likeness (QED) is 0.657. The lowest BCUT2D eigenvalue weighted by Gasteiger charge is -2.20. The second-order valence-electron chi connectivity index (χ2n) is 7.88. The highest BCUT2D eigenvalue weighted by atomic mass is 16.5. The van der Waals surface area contributed by atoms with Crippen molar-refractivity contribution in [3.05, 3.63) is 59.2 Å². The number of nitrogens with zero attached hydrogens (tertiary/aromatic N) is 1. The van der Waals surface area contributed by atoms with Crippen LogP contribution in [0.15, 0.2) is 42.5 Å². The van der Waals surface area contributed by atoms with E-state index in [9.17, 15) is 9.59 Å². The fourth-order valence-electron chi connectivity index (χ4n) is 3.46. The van der Waals surface area contributed by atoms with E-state index in [0.717, 1.165) is 24.2 Å². The molecule has 0 saturated carbocycles. The third-order valence-electron chi connectivity index (χ3n) is 5.03. The number of ether oxygens (including phenoxy) is 2. The molecule has 1 saturated heterocycles. The Bertz CT molecular complexity index is 871. The van der Waals surface area contributed by atoms with Crippen LogP contribution in [0.5, 0.6) is 0 Å². The lowest BCUT2D eigenvalue weighted by Crippen LogP contribution is -2.21. The molecule has 1 N–H and O–H groups in total. The Morgan fingerprint density at radius 2 is 1.77 bits per heavy atom. The first-order valence-electron chi connectivity index (χ1n) is 10.5. The van der Waals surface area contributed by atoms with Crippen LogP contribution in [-0.4, -0.2) is 37.7 Å². The fraction of sp³-hybridized carbons (Fsp3) is 0.417. The summed E-state index contributed by atoms with van der Waals surface area (Å²) in [5.74, 6) is -0.888. The fourth-order valence-corrected chi connectivity index (χ4v) is 3.46. The molecule has 30 heavy (non-hydrogen) atoms. The molecule has 1 amide bonds. The number of esters is 1. The van der Waals surface area contributed by atoms with Crippen molar-refractivity contribution in [2.45, 2.75) is 46.3 Å². The van der Waals surface area contributed by atoms with Crippen molar-refractivity contribution >= 4 is 23.3 Å². The van der Waals surface area contributed by atoms with E-state index in [1.54, 1.807) is 12.1 Å². The predicted octanol–water partition coefficient (Wildman–Crippen LogP) is 4.32. The molecule has 1 aliphatic rings. The molecule has 0 bridgehead atoms. The average molecular weight is 411 g/mol. The number of carbonyl (C=O) groups is 2. The SMILES string of the molecule is Cc1cc(NC(=O)COC(=O)c2ccc(COC(C)C)cc2)ccc1N1CCCC1. The zero-order valence-corrected chi connectivity index (χ0v) is 17.9. The van der Waals surface area contributed by atoms with Crippen molar-refractivity contribution in [2.75, 3.05) is 29.9 Å². The number of hydrogen-bond donors (Lipinski definition) is 1. The van der Waals surface area contributed by atoms with Gasteiger partial charge < -0.3 is 19.7 Å². The molecular formula is C24H30N2O4. The topological polar surface area (TPSA) is 67.9 Å². The molecule has 160 valence electrons. The Labute approximate surface area is 178 Å². The van der Waals surface area contributed by atoms with E-state index >= 15 is 0 Å². The van der Waals surface area contributed by atoms with E-state index in [4.69, 9.17) is 9.47 Å². The van der Waals surface area contributed by atoms with Crippen LogP contribution in [0.2, 0.25) is 0 Å². The van der Waals surface area contributed by atoms with E-state index in [1.807, 2.05) is 51.1 Å². The second-order valence-corrected chi connectivity index (χ2v) is 7.88. The highest BCUT2D eigenvalue weighted by Gasteiger charge is 2.15. The zero-order chi connectivity index (χ0) is 21.5. The first kappa shape index (κ1) is 21.8. The highest BCUT2D eigenvalue weighted by molar-refractivity contribution is 5.95.